The molecule has 0 aliphatic carbocycles. The molecule has 1 atom stereocenters. The van der Waals surface area contributed by atoms with Crippen LogP contribution in [-0.2, 0) is 23.1 Å². The standard InChI is InChI=1S/C17H21BrN2O4/c1-12(21)24-13(11-18)7-5-6-10-20-15-9-4-3-8-14(15)16(22)19(2)17(20)23/h3-4,8-9,13H,5-7,10-11H2,1-2H3. The number of rotatable bonds is 7. The minimum atomic E-state index is -0.310. The zero-order chi connectivity index (χ0) is 17.7. The molecule has 1 unspecified atom stereocenters. The number of unbranched alkanes of at least 4 members (excludes halogenated alkanes) is 1. The second kappa shape index (κ2) is 8.28. The van der Waals surface area contributed by atoms with E-state index in [1.165, 1.54) is 14.0 Å². The van der Waals surface area contributed by atoms with Crippen molar-refractivity contribution in [2.45, 2.75) is 38.8 Å². The van der Waals surface area contributed by atoms with Crippen LogP contribution in [0.2, 0.25) is 0 Å². The maximum atomic E-state index is 12.4. The molecule has 0 aliphatic heterocycles. The molecule has 0 N–H and O–H groups in total. The van der Waals surface area contributed by atoms with E-state index in [1.54, 1.807) is 22.8 Å². The number of alkyl halides is 1. The predicted molar refractivity (Wildman–Crippen MR) is 96.6 cm³/mol. The van der Waals surface area contributed by atoms with Crippen LogP contribution in [0.4, 0.5) is 0 Å². The Labute approximate surface area is 148 Å². The summed E-state index contributed by atoms with van der Waals surface area (Å²) in [5.74, 6) is -0.292. The highest BCUT2D eigenvalue weighted by Gasteiger charge is 2.12. The second-order valence-electron chi connectivity index (χ2n) is 5.70. The van der Waals surface area contributed by atoms with E-state index in [-0.39, 0.29) is 23.3 Å². The first-order valence-electron chi connectivity index (χ1n) is 7.87. The van der Waals surface area contributed by atoms with E-state index in [2.05, 4.69) is 15.9 Å². The molecule has 0 aliphatic rings. The lowest BCUT2D eigenvalue weighted by atomic mass is 10.1. The van der Waals surface area contributed by atoms with Crippen molar-refractivity contribution in [1.29, 1.82) is 0 Å². The Bertz CT molecular complexity index is 841. The van der Waals surface area contributed by atoms with Crippen molar-refractivity contribution >= 4 is 32.8 Å². The number of halogens is 1. The zero-order valence-electron chi connectivity index (χ0n) is 13.8. The Morgan fingerprint density at radius 1 is 1.25 bits per heavy atom. The molecule has 6 nitrogen and oxygen atoms in total. The van der Waals surface area contributed by atoms with E-state index < -0.39 is 0 Å². The van der Waals surface area contributed by atoms with Crippen molar-refractivity contribution in [3.8, 4) is 0 Å². The molecule has 1 aromatic carbocycles. The number of esters is 1. The molecule has 130 valence electrons. The van der Waals surface area contributed by atoms with Gasteiger partial charge >= 0.3 is 11.7 Å². The van der Waals surface area contributed by atoms with Crippen molar-refractivity contribution in [2.75, 3.05) is 5.33 Å². The summed E-state index contributed by atoms with van der Waals surface area (Å²) in [6, 6.07) is 7.13. The molecule has 1 heterocycles. The first-order chi connectivity index (χ1) is 11.5. The van der Waals surface area contributed by atoms with Crippen LogP contribution in [0.15, 0.2) is 33.9 Å². The van der Waals surface area contributed by atoms with Crippen molar-refractivity contribution in [2.24, 2.45) is 7.05 Å². The predicted octanol–water partition coefficient (Wildman–Crippen LogP) is 2.20. The number of benzene rings is 1. The highest BCUT2D eigenvalue weighted by molar-refractivity contribution is 9.09. The van der Waals surface area contributed by atoms with Crippen LogP contribution in [-0.4, -0.2) is 26.5 Å². The van der Waals surface area contributed by atoms with Crippen molar-refractivity contribution in [3.05, 3.63) is 45.1 Å². The molecule has 0 saturated carbocycles. The number of para-hydroxylation sites is 1. The van der Waals surface area contributed by atoms with Gasteiger partial charge in [-0.05, 0) is 31.4 Å². The van der Waals surface area contributed by atoms with Crippen LogP contribution in [0.5, 0.6) is 0 Å². The number of carbonyl (C=O) groups is 1. The lowest BCUT2D eigenvalue weighted by molar-refractivity contribution is -0.145. The molecule has 2 rings (SSSR count). The van der Waals surface area contributed by atoms with Gasteiger partial charge in [0.1, 0.15) is 6.10 Å². The number of aromatic nitrogens is 2. The van der Waals surface area contributed by atoms with Crippen molar-refractivity contribution in [1.82, 2.24) is 9.13 Å². The lowest BCUT2D eigenvalue weighted by Gasteiger charge is -2.15. The Morgan fingerprint density at radius 3 is 2.62 bits per heavy atom. The summed E-state index contributed by atoms with van der Waals surface area (Å²) in [6.07, 6.45) is 2.14. The van der Waals surface area contributed by atoms with Crippen LogP contribution in [0.1, 0.15) is 26.2 Å². The Balaban J connectivity index is 2.12. The summed E-state index contributed by atoms with van der Waals surface area (Å²) in [4.78, 5) is 35.5. The molecule has 0 spiro atoms. The molecule has 0 fully saturated rings. The summed E-state index contributed by atoms with van der Waals surface area (Å²) < 4.78 is 7.95. The van der Waals surface area contributed by atoms with Crippen LogP contribution in [0.25, 0.3) is 10.9 Å². The van der Waals surface area contributed by atoms with E-state index in [4.69, 9.17) is 4.74 Å². The molecule has 24 heavy (non-hydrogen) atoms. The SMILES string of the molecule is CC(=O)OC(CBr)CCCCn1c(=O)n(C)c(=O)c2ccccc21. The van der Waals surface area contributed by atoms with Gasteiger partial charge in [0.25, 0.3) is 5.56 Å². The van der Waals surface area contributed by atoms with Gasteiger partial charge in [-0.3, -0.25) is 18.7 Å². The first-order valence-corrected chi connectivity index (χ1v) is 8.99. The highest BCUT2D eigenvalue weighted by atomic mass is 79.9. The molecular weight excluding hydrogens is 376 g/mol. The fraction of sp³-hybridized carbons (Fsp3) is 0.471. The van der Waals surface area contributed by atoms with Crippen molar-refractivity contribution < 1.29 is 9.53 Å². The normalized spacial score (nSPS) is 12.3. The zero-order valence-corrected chi connectivity index (χ0v) is 15.4. The van der Waals surface area contributed by atoms with Crippen LogP contribution < -0.4 is 11.2 Å². The monoisotopic (exact) mass is 396 g/mol. The van der Waals surface area contributed by atoms with Gasteiger partial charge in [0.05, 0.1) is 10.9 Å². The molecule has 2 aromatic rings. The molecule has 0 amide bonds. The largest absolute Gasteiger partial charge is 0.462 e. The van der Waals surface area contributed by atoms with Gasteiger partial charge in [0.15, 0.2) is 0 Å². The third-order valence-electron chi connectivity index (χ3n) is 3.91. The molecule has 0 radical (unpaired) electrons. The van der Waals surface area contributed by atoms with Gasteiger partial charge in [-0.1, -0.05) is 28.1 Å². The minimum absolute atomic E-state index is 0.156. The van der Waals surface area contributed by atoms with Gasteiger partial charge in [-0.15, -0.1) is 0 Å². The van der Waals surface area contributed by atoms with Crippen LogP contribution >= 0.6 is 15.9 Å². The molecule has 1 aromatic heterocycles. The molecule has 0 saturated heterocycles. The molecule has 0 bridgehead atoms. The number of ether oxygens (including phenoxy) is 1. The Kier molecular flexibility index (Phi) is 6.36. The Hall–Kier alpha value is -1.89. The number of carbonyl (C=O) groups excluding carboxylic acids is 1. The minimum Gasteiger partial charge on any atom is -0.462 e. The van der Waals surface area contributed by atoms with Gasteiger partial charge in [0.2, 0.25) is 0 Å². The number of aryl methyl sites for hydroxylation is 1. The van der Waals surface area contributed by atoms with E-state index in [1.807, 2.05) is 6.07 Å². The fourth-order valence-corrected chi connectivity index (χ4v) is 3.16. The second-order valence-corrected chi connectivity index (χ2v) is 6.34. The highest BCUT2D eigenvalue weighted by Crippen LogP contribution is 2.11. The van der Waals surface area contributed by atoms with E-state index in [0.717, 1.165) is 23.8 Å². The summed E-state index contributed by atoms with van der Waals surface area (Å²) in [6.45, 7) is 1.91. The van der Waals surface area contributed by atoms with Crippen LogP contribution in [0, 0.1) is 0 Å². The van der Waals surface area contributed by atoms with E-state index >= 15 is 0 Å². The van der Waals surface area contributed by atoms with E-state index in [9.17, 15) is 14.4 Å². The molecule has 7 heteroatoms. The number of fused-ring (bicyclic) bond motifs is 1. The van der Waals surface area contributed by atoms with Crippen LogP contribution in [0.3, 0.4) is 0 Å². The van der Waals surface area contributed by atoms with Crippen molar-refractivity contribution in [3.63, 3.8) is 0 Å². The lowest BCUT2D eigenvalue weighted by Crippen LogP contribution is -2.38. The van der Waals surface area contributed by atoms with Gasteiger partial charge < -0.3 is 4.74 Å². The first kappa shape index (κ1) is 18.4. The van der Waals surface area contributed by atoms with E-state index in [0.29, 0.717) is 22.8 Å². The summed E-state index contributed by atoms with van der Waals surface area (Å²) in [5, 5.41) is 1.13. The number of hydrogen-bond acceptors (Lipinski definition) is 4. The average Bonchev–Trinajstić information content (AvgIpc) is 2.57. The molecular formula is C17H21BrN2O4. The topological polar surface area (TPSA) is 70.3 Å². The van der Waals surface area contributed by atoms with Gasteiger partial charge in [-0.2, -0.15) is 0 Å². The maximum Gasteiger partial charge on any atom is 0.331 e. The quantitative estimate of drug-likeness (QED) is 0.408. The smallest absolute Gasteiger partial charge is 0.331 e. The van der Waals surface area contributed by atoms with Gasteiger partial charge in [0, 0.05) is 25.8 Å². The maximum absolute atomic E-state index is 12.4. The fourth-order valence-electron chi connectivity index (χ4n) is 2.70. The number of nitrogens with zero attached hydrogens (tertiary/aromatic N) is 2. The summed E-state index contributed by atoms with van der Waals surface area (Å²) >= 11 is 3.33. The summed E-state index contributed by atoms with van der Waals surface area (Å²) in [7, 11) is 1.50. The average molecular weight is 397 g/mol. The third kappa shape index (κ3) is 4.14. The Morgan fingerprint density at radius 2 is 1.96 bits per heavy atom. The third-order valence-corrected chi connectivity index (χ3v) is 4.63. The van der Waals surface area contributed by atoms with Gasteiger partial charge in [-0.25, -0.2) is 4.79 Å². The summed E-state index contributed by atoms with van der Waals surface area (Å²) in [5.41, 5.74) is 0.0689. The number of hydrogen-bond donors (Lipinski definition) is 0.